The van der Waals surface area contributed by atoms with Crippen molar-refractivity contribution in [2.45, 2.75) is 18.9 Å². The maximum atomic E-state index is 16.1. The number of hydrogen-bond acceptors (Lipinski definition) is 5. The maximum Gasteiger partial charge on any atom is 0.350 e. The van der Waals surface area contributed by atoms with Gasteiger partial charge in [0.25, 0.3) is 5.91 Å². The molecule has 1 fully saturated rings. The fourth-order valence-corrected chi connectivity index (χ4v) is 4.48. The number of benzene rings is 3. The molecule has 1 saturated carbocycles. The molecule has 6 rings (SSSR count). The number of nitrogens with two attached hydrogens (primary N) is 1. The molecule has 0 saturated heterocycles. The Bertz CT molecular complexity index is 1800. The molecule has 0 spiro atoms. The van der Waals surface area contributed by atoms with Gasteiger partial charge in [-0.15, -0.1) is 0 Å². The molecule has 0 aliphatic heterocycles. The molecule has 1 aliphatic rings. The monoisotopic (exact) mass is 511 g/mol. The van der Waals surface area contributed by atoms with E-state index in [9.17, 15) is 14.4 Å². The second-order valence-electron chi connectivity index (χ2n) is 9.20. The van der Waals surface area contributed by atoms with Crippen LogP contribution in [0, 0.1) is 5.82 Å². The van der Waals surface area contributed by atoms with Crippen LogP contribution in [0.4, 0.5) is 10.1 Å². The highest BCUT2D eigenvalue weighted by atomic mass is 19.1. The Morgan fingerprint density at radius 1 is 1.08 bits per heavy atom. The highest BCUT2D eigenvalue weighted by Gasteiger charge is 2.31. The first-order valence-corrected chi connectivity index (χ1v) is 11.9. The minimum absolute atomic E-state index is 0.0470. The smallest absolute Gasteiger partial charge is 0.350 e. The zero-order chi connectivity index (χ0) is 26.6. The fraction of sp³-hybridized carbons (Fsp3) is 0.148. The summed E-state index contributed by atoms with van der Waals surface area (Å²) in [6, 6.07) is 16.6. The fourth-order valence-electron chi connectivity index (χ4n) is 4.48. The summed E-state index contributed by atoms with van der Waals surface area (Å²) in [6.07, 6.45) is 3.22. The number of nitrogens with one attached hydrogen (secondary N) is 1. The molecule has 0 bridgehead atoms. The average molecular weight is 512 g/mol. The second-order valence-corrected chi connectivity index (χ2v) is 9.20. The van der Waals surface area contributed by atoms with Crippen molar-refractivity contribution in [1.82, 2.24) is 24.1 Å². The van der Waals surface area contributed by atoms with Gasteiger partial charge < -0.3 is 11.1 Å². The molecular weight excluding hydrogens is 489 g/mol. The van der Waals surface area contributed by atoms with Gasteiger partial charge in [0, 0.05) is 23.9 Å². The minimum Gasteiger partial charge on any atom is -0.366 e. The molecule has 2 aromatic heterocycles. The van der Waals surface area contributed by atoms with Gasteiger partial charge in [-0.3, -0.25) is 14.3 Å². The van der Waals surface area contributed by atoms with E-state index < -0.39 is 17.6 Å². The Hall–Kier alpha value is -5.06. The molecule has 0 atom stereocenters. The quantitative estimate of drug-likeness (QED) is 0.361. The highest BCUT2D eigenvalue weighted by Crippen LogP contribution is 2.40. The third-order valence-corrected chi connectivity index (χ3v) is 6.60. The minimum atomic E-state index is -0.625. The predicted molar refractivity (Wildman–Crippen MR) is 139 cm³/mol. The molecule has 10 nitrogen and oxygen atoms in total. The Morgan fingerprint density at radius 3 is 2.50 bits per heavy atom. The van der Waals surface area contributed by atoms with Crippen LogP contribution in [-0.4, -0.2) is 35.9 Å². The standard InChI is InChI=1S/C27H22FN7O3/c1-33-27(38)34(14-30-33)18-7-5-15(6-8-18)20-11-12-21-22(23(20)28)24(32-35(21)19-9-10-19)26(37)31-17-4-2-3-16(13-17)25(29)36/h2-8,11-14,19H,9-10H2,1H3,(H2,29,36)(H,31,37). The first-order chi connectivity index (χ1) is 18.3. The van der Waals surface area contributed by atoms with Crippen LogP contribution in [0.5, 0.6) is 0 Å². The summed E-state index contributed by atoms with van der Waals surface area (Å²) in [4.78, 5) is 37.0. The van der Waals surface area contributed by atoms with Crippen LogP contribution in [0.25, 0.3) is 27.7 Å². The van der Waals surface area contributed by atoms with Crippen LogP contribution in [0.1, 0.15) is 39.7 Å². The van der Waals surface area contributed by atoms with Gasteiger partial charge in [-0.05, 0) is 60.9 Å². The first-order valence-electron chi connectivity index (χ1n) is 11.9. The van der Waals surface area contributed by atoms with Crippen molar-refractivity contribution in [3.05, 3.63) is 94.5 Å². The van der Waals surface area contributed by atoms with Crippen molar-refractivity contribution in [3.63, 3.8) is 0 Å². The molecule has 190 valence electrons. The van der Waals surface area contributed by atoms with Gasteiger partial charge in [-0.1, -0.05) is 18.2 Å². The van der Waals surface area contributed by atoms with E-state index in [0.717, 1.165) is 12.8 Å². The SMILES string of the molecule is Cn1ncn(-c2ccc(-c3ccc4c(c(C(=O)Nc5cccc(C(N)=O)c5)nn4C4CC4)c3F)cc2)c1=O. The third kappa shape index (κ3) is 3.94. The number of carbonyl (C=O) groups is 2. The second kappa shape index (κ2) is 8.80. The van der Waals surface area contributed by atoms with Crippen LogP contribution in [0.3, 0.4) is 0 Å². The lowest BCUT2D eigenvalue weighted by molar-refractivity contribution is 0.0995. The Labute approximate surface area is 215 Å². The summed E-state index contributed by atoms with van der Waals surface area (Å²) in [7, 11) is 1.56. The molecule has 3 N–H and O–H groups in total. The zero-order valence-electron chi connectivity index (χ0n) is 20.3. The van der Waals surface area contributed by atoms with Crippen LogP contribution in [0.2, 0.25) is 0 Å². The molecule has 2 amide bonds. The van der Waals surface area contributed by atoms with E-state index in [1.54, 1.807) is 60.3 Å². The molecule has 3 aromatic carbocycles. The van der Waals surface area contributed by atoms with Crippen LogP contribution >= 0.6 is 0 Å². The number of fused-ring (bicyclic) bond motifs is 1. The number of aryl methyl sites for hydroxylation is 1. The van der Waals surface area contributed by atoms with Crippen molar-refractivity contribution in [2.24, 2.45) is 12.8 Å². The van der Waals surface area contributed by atoms with Gasteiger partial charge in [0.1, 0.15) is 12.1 Å². The van der Waals surface area contributed by atoms with E-state index in [1.165, 1.54) is 27.7 Å². The van der Waals surface area contributed by atoms with Gasteiger partial charge in [-0.2, -0.15) is 10.2 Å². The molecule has 0 radical (unpaired) electrons. The number of hydrogen-bond donors (Lipinski definition) is 2. The molecule has 38 heavy (non-hydrogen) atoms. The number of amides is 2. The average Bonchev–Trinajstić information content (AvgIpc) is 3.60. The summed E-state index contributed by atoms with van der Waals surface area (Å²) < 4.78 is 20.4. The van der Waals surface area contributed by atoms with Crippen LogP contribution in [-0.2, 0) is 7.05 Å². The number of nitrogens with zero attached hydrogens (tertiary/aromatic N) is 5. The highest BCUT2D eigenvalue weighted by molar-refractivity contribution is 6.12. The van der Waals surface area contributed by atoms with E-state index in [-0.39, 0.29) is 28.4 Å². The van der Waals surface area contributed by atoms with Crippen molar-refractivity contribution in [3.8, 4) is 16.8 Å². The zero-order valence-corrected chi connectivity index (χ0v) is 20.3. The summed E-state index contributed by atoms with van der Waals surface area (Å²) in [5, 5.41) is 11.3. The maximum absolute atomic E-state index is 16.1. The topological polar surface area (TPSA) is 130 Å². The number of carbonyl (C=O) groups excluding carboxylic acids is 2. The molecule has 1 aliphatic carbocycles. The first kappa shape index (κ1) is 23.3. The van der Waals surface area contributed by atoms with E-state index in [1.807, 2.05) is 0 Å². The lowest BCUT2D eigenvalue weighted by Crippen LogP contribution is -2.21. The van der Waals surface area contributed by atoms with E-state index >= 15 is 4.39 Å². The van der Waals surface area contributed by atoms with Gasteiger partial charge in [0.15, 0.2) is 5.69 Å². The van der Waals surface area contributed by atoms with Crippen molar-refractivity contribution in [2.75, 3.05) is 5.32 Å². The largest absolute Gasteiger partial charge is 0.366 e. The summed E-state index contributed by atoms with van der Waals surface area (Å²) in [6.45, 7) is 0. The Balaban J connectivity index is 1.41. The summed E-state index contributed by atoms with van der Waals surface area (Å²) >= 11 is 0. The molecule has 2 heterocycles. The molecule has 11 heteroatoms. The third-order valence-electron chi connectivity index (χ3n) is 6.60. The lowest BCUT2D eigenvalue weighted by Gasteiger charge is -2.08. The number of halogens is 1. The van der Waals surface area contributed by atoms with Gasteiger partial charge >= 0.3 is 5.69 Å². The van der Waals surface area contributed by atoms with Crippen molar-refractivity contribution in [1.29, 1.82) is 0 Å². The van der Waals surface area contributed by atoms with E-state index in [0.29, 0.717) is 28.0 Å². The number of rotatable bonds is 6. The lowest BCUT2D eigenvalue weighted by atomic mass is 10.0. The van der Waals surface area contributed by atoms with Crippen molar-refractivity contribution < 1.29 is 14.0 Å². The number of aromatic nitrogens is 5. The van der Waals surface area contributed by atoms with Gasteiger partial charge in [0.05, 0.1) is 22.6 Å². The summed E-state index contributed by atoms with van der Waals surface area (Å²) in [5.74, 6) is -1.80. The molecular formula is C27H22FN7O3. The predicted octanol–water partition coefficient (Wildman–Crippen LogP) is 3.41. The summed E-state index contributed by atoms with van der Waals surface area (Å²) in [5.41, 5.74) is 7.58. The van der Waals surface area contributed by atoms with Crippen LogP contribution < -0.4 is 16.7 Å². The van der Waals surface area contributed by atoms with Crippen molar-refractivity contribution >= 4 is 28.4 Å². The Kier molecular flexibility index (Phi) is 5.41. The van der Waals surface area contributed by atoms with E-state index in [2.05, 4.69) is 15.5 Å². The van der Waals surface area contributed by atoms with E-state index in [4.69, 9.17) is 5.73 Å². The van der Waals surface area contributed by atoms with Gasteiger partial charge in [-0.25, -0.2) is 18.4 Å². The van der Waals surface area contributed by atoms with Gasteiger partial charge in [0.2, 0.25) is 5.91 Å². The molecule has 0 unspecified atom stereocenters. The number of primary amides is 1. The van der Waals surface area contributed by atoms with Crippen LogP contribution in [0.15, 0.2) is 71.8 Å². The molecule has 5 aromatic rings. The number of anilines is 1. The normalized spacial score (nSPS) is 13.1. The Morgan fingerprint density at radius 2 is 1.84 bits per heavy atom.